The van der Waals surface area contributed by atoms with Gasteiger partial charge in [-0.15, -0.1) is 0 Å². The molecule has 0 unspecified atom stereocenters. The fraction of sp³-hybridized carbons (Fsp3) is 0.786. The van der Waals surface area contributed by atoms with Gasteiger partial charge in [0, 0.05) is 6.42 Å². The maximum Gasteiger partial charge on any atom is 0.187 e. The first-order chi connectivity index (χ1) is 9.86. The van der Waals surface area contributed by atoms with Gasteiger partial charge in [0.2, 0.25) is 0 Å². The summed E-state index contributed by atoms with van der Waals surface area (Å²) in [5.74, 6) is 0.105. The lowest BCUT2D eigenvalue weighted by molar-refractivity contribution is -0.299. The third kappa shape index (κ3) is 5.46. The van der Waals surface area contributed by atoms with E-state index in [9.17, 15) is 20.1 Å². The van der Waals surface area contributed by atoms with E-state index in [1.54, 1.807) is 0 Å². The van der Waals surface area contributed by atoms with Crippen molar-refractivity contribution in [3.05, 3.63) is 11.6 Å². The second-order valence-corrected chi connectivity index (χ2v) is 5.30. The molecule has 4 N–H and O–H groups in total. The van der Waals surface area contributed by atoms with Crippen LogP contribution in [0.15, 0.2) is 11.6 Å². The molecule has 0 aromatic carbocycles. The average molecular weight is 304 g/mol. The van der Waals surface area contributed by atoms with Crippen molar-refractivity contribution in [1.29, 1.82) is 0 Å². The summed E-state index contributed by atoms with van der Waals surface area (Å²) in [6, 6.07) is 0. The van der Waals surface area contributed by atoms with E-state index in [1.165, 1.54) is 6.92 Å². The molecule has 1 heterocycles. The number of hydrogen-bond acceptors (Lipinski definition) is 7. The first-order valence-corrected chi connectivity index (χ1v) is 6.94. The summed E-state index contributed by atoms with van der Waals surface area (Å²) in [6.45, 7) is 3.00. The molecule has 21 heavy (non-hydrogen) atoms. The first-order valence-electron chi connectivity index (χ1n) is 6.94. The van der Waals surface area contributed by atoms with Gasteiger partial charge in [-0.3, -0.25) is 0 Å². The normalized spacial score (nSPS) is 34.0. The SMILES string of the molecule is CC(=O)CC/C=C(/C)CO[C@@H]1O[C@H](CO)[C@@H](O)[C@H](O)[C@H]1O. The maximum atomic E-state index is 10.8. The van der Waals surface area contributed by atoms with Gasteiger partial charge in [-0.1, -0.05) is 11.6 Å². The van der Waals surface area contributed by atoms with Crippen LogP contribution in [0.5, 0.6) is 0 Å². The Morgan fingerprint density at radius 2 is 1.86 bits per heavy atom. The highest BCUT2D eigenvalue weighted by Gasteiger charge is 2.43. The van der Waals surface area contributed by atoms with Gasteiger partial charge in [0.25, 0.3) is 0 Å². The molecule has 0 aromatic heterocycles. The lowest BCUT2D eigenvalue weighted by Gasteiger charge is -2.39. The van der Waals surface area contributed by atoms with Gasteiger partial charge < -0.3 is 34.7 Å². The largest absolute Gasteiger partial charge is 0.394 e. The Kier molecular flexibility index (Phi) is 7.44. The molecule has 0 amide bonds. The molecule has 122 valence electrons. The summed E-state index contributed by atoms with van der Waals surface area (Å²) in [5, 5.41) is 38.1. The fourth-order valence-corrected chi connectivity index (χ4v) is 2.00. The highest BCUT2D eigenvalue weighted by molar-refractivity contribution is 5.75. The fourth-order valence-electron chi connectivity index (χ4n) is 2.00. The Labute approximate surface area is 123 Å². The topological polar surface area (TPSA) is 116 Å². The third-order valence-electron chi connectivity index (χ3n) is 3.31. The number of hydrogen-bond donors (Lipinski definition) is 4. The molecule has 0 saturated carbocycles. The molecule has 0 radical (unpaired) electrons. The van der Waals surface area contributed by atoms with E-state index in [-0.39, 0.29) is 12.4 Å². The molecule has 7 heteroatoms. The molecular formula is C14H24O7. The summed E-state index contributed by atoms with van der Waals surface area (Å²) in [4.78, 5) is 10.8. The van der Waals surface area contributed by atoms with Gasteiger partial charge in [-0.2, -0.15) is 0 Å². The van der Waals surface area contributed by atoms with Crippen molar-refractivity contribution in [3.8, 4) is 0 Å². The van der Waals surface area contributed by atoms with Crippen LogP contribution >= 0.6 is 0 Å². The third-order valence-corrected chi connectivity index (χ3v) is 3.31. The van der Waals surface area contributed by atoms with E-state index in [2.05, 4.69) is 0 Å². The number of Topliss-reactive ketones (excluding diaryl/α,β-unsaturated/α-hetero) is 1. The molecule has 7 nitrogen and oxygen atoms in total. The van der Waals surface area contributed by atoms with Crippen LogP contribution in [0.4, 0.5) is 0 Å². The van der Waals surface area contributed by atoms with Gasteiger partial charge in [-0.25, -0.2) is 0 Å². The van der Waals surface area contributed by atoms with Crippen molar-refractivity contribution < 1.29 is 34.7 Å². The van der Waals surface area contributed by atoms with Crippen LogP contribution < -0.4 is 0 Å². The molecule has 0 bridgehead atoms. The summed E-state index contributed by atoms with van der Waals surface area (Å²) in [7, 11) is 0. The van der Waals surface area contributed by atoms with Gasteiger partial charge in [0.15, 0.2) is 6.29 Å². The van der Waals surface area contributed by atoms with Crippen molar-refractivity contribution in [2.75, 3.05) is 13.2 Å². The molecule has 1 aliphatic rings. The molecule has 0 aromatic rings. The molecule has 1 aliphatic heterocycles. The molecular weight excluding hydrogens is 280 g/mol. The minimum absolute atomic E-state index is 0.105. The van der Waals surface area contributed by atoms with E-state index in [0.29, 0.717) is 12.8 Å². The smallest absolute Gasteiger partial charge is 0.187 e. The Hall–Kier alpha value is -0.830. The van der Waals surface area contributed by atoms with Gasteiger partial charge in [0.1, 0.15) is 30.2 Å². The summed E-state index contributed by atoms with van der Waals surface area (Å²) < 4.78 is 10.6. The zero-order chi connectivity index (χ0) is 16.0. The zero-order valence-corrected chi connectivity index (χ0v) is 12.3. The van der Waals surface area contributed by atoms with Crippen molar-refractivity contribution in [3.63, 3.8) is 0 Å². The van der Waals surface area contributed by atoms with Crippen LogP contribution in [0.2, 0.25) is 0 Å². The van der Waals surface area contributed by atoms with Crippen LogP contribution in [0, 0.1) is 0 Å². The lowest BCUT2D eigenvalue weighted by atomic mass is 9.99. The molecule has 1 fully saturated rings. The van der Waals surface area contributed by atoms with E-state index in [0.717, 1.165) is 5.57 Å². The zero-order valence-electron chi connectivity index (χ0n) is 12.3. The van der Waals surface area contributed by atoms with E-state index < -0.39 is 37.3 Å². The van der Waals surface area contributed by atoms with Gasteiger partial charge in [-0.05, 0) is 20.3 Å². The van der Waals surface area contributed by atoms with E-state index >= 15 is 0 Å². The first kappa shape index (κ1) is 18.2. The number of carbonyl (C=O) groups is 1. The highest BCUT2D eigenvalue weighted by atomic mass is 16.7. The lowest BCUT2D eigenvalue weighted by Crippen LogP contribution is -2.59. The Balaban J connectivity index is 2.48. The summed E-state index contributed by atoms with van der Waals surface area (Å²) in [5.41, 5.74) is 0.855. The Morgan fingerprint density at radius 1 is 1.19 bits per heavy atom. The van der Waals surface area contributed by atoms with Crippen LogP contribution in [-0.2, 0) is 14.3 Å². The molecule has 5 atom stereocenters. The van der Waals surface area contributed by atoms with E-state index in [4.69, 9.17) is 14.6 Å². The van der Waals surface area contributed by atoms with Crippen molar-refractivity contribution in [2.24, 2.45) is 0 Å². The Morgan fingerprint density at radius 3 is 2.43 bits per heavy atom. The number of ketones is 1. The number of aliphatic hydroxyl groups excluding tert-OH is 4. The van der Waals surface area contributed by atoms with E-state index in [1.807, 2.05) is 13.0 Å². The minimum atomic E-state index is -1.44. The number of ether oxygens (including phenoxy) is 2. The quantitative estimate of drug-likeness (QED) is 0.451. The molecule has 1 saturated heterocycles. The Bertz CT molecular complexity index is 366. The molecule has 0 aliphatic carbocycles. The number of allylic oxidation sites excluding steroid dienone is 1. The second-order valence-electron chi connectivity index (χ2n) is 5.30. The summed E-state index contributed by atoms with van der Waals surface area (Å²) in [6.07, 6.45) is -3.41. The average Bonchev–Trinajstić information content (AvgIpc) is 2.43. The van der Waals surface area contributed by atoms with Crippen LogP contribution in [0.1, 0.15) is 26.7 Å². The standard InChI is InChI=1S/C14H24O7/c1-8(4-3-5-9(2)16)7-20-14-13(19)12(18)11(17)10(6-15)21-14/h4,10-15,17-19H,3,5-7H2,1-2H3/b8-4-/t10-,11-,12+,13-,14-/m1/s1. The predicted molar refractivity (Wildman–Crippen MR) is 73.4 cm³/mol. The second kappa shape index (κ2) is 8.57. The van der Waals surface area contributed by atoms with Crippen LogP contribution in [-0.4, -0.2) is 70.1 Å². The van der Waals surface area contributed by atoms with Crippen molar-refractivity contribution in [1.82, 2.24) is 0 Å². The van der Waals surface area contributed by atoms with Crippen LogP contribution in [0.25, 0.3) is 0 Å². The maximum absolute atomic E-state index is 10.8. The van der Waals surface area contributed by atoms with Gasteiger partial charge >= 0.3 is 0 Å². The number of aliphatic hydroxyl groups is 4. The van der Waals surface area contributed by atoms with Crippen molar-refractivity contribution in [2.45, 2.75) is 57.4 Å². The highest BCUT2D eigenvalue weighted by Crippen LogP contribution is 2.22. The monoisotopic (exact) mass is 304 g/mol. The molecule has 1 rings (SSSR count). The minimum Gasteiger partial charge on any atom is -0.394 e. The van der Waals surface area contributed by atoms with Crippen LogP contribution in [0.3, 0.4) is 0 Å². The van der Waals surface area contributed by atoms with Gasteiger partial charge in [0.05, 0.1) is 13.2 Å². The number of rotatable bonds is 7. The summed E-state index contributed by atoms with van der Waals surface area (Å²) >= 11 is 0. The predicted octanol–water partition coefficient (Wildman–Crippen LogP) is -0.882. The van der Waals surface area contributed by atoms with Crippen molar-refractivity contribution >= 4 is 5.78 Å². The number of carbonyl (C=O) groups excluding carboxylic acids is 1. The molecule has 0 spiro atoms.